The van der Waals surface area contributed by atoms with Crippen molar-refractivity contribution in [2.24, 2.45) is 5.41 Å². The van der Waals surface area contributed by atoms with E-state index in [0.717, 1.165) is 5.69 Å². The van der Waals surface area contributed by atoms with E-state index >= 15 is 0 Å². The first kappa shape index (κ1) is 12.4. The summed E-state index contributed by atoms with van der Waals surface area (Å²) in [6, 6.07) is 9.23. The molecule has 3 nitrogen and oxygen atoms in total. The molecule has 0 unspecified atom stereocenters. The lowest BCUT2D eigenvalue weighted by atomic mass is 9.85. The molecule has 1 N–H and O–H groups in total. The van der Waals surface area contributed by atoms with E-state index in [9.17, 15) is 9.59 Å². The minimum absolute atomic E-state index is 0.0238. The van der Waals surface area contributed by atoms with Crippen LogP contribution >= 0.6 is 0 Å². The number of para-hydroxylation sites is 1. The lowest BCUT2D eigenvalue weighted by Gasteiger charge is -2.20. The molecule has 1 aromatic carbocycles. The van der Waals surface area contributed by atoms with Crippen LogP contribution < -0.4 is 5.32 Å². The Morgan fingerprint density at radius 1 is 1.19 bits per heavy atom. The van der Waals surface area contributed by atoms with Crippen molar-refractivity contribution in [3.8, 4) is 0 Å². The van der Waals surface area contributed by atoms with Crippen LogP contribution in [0.1, 0.15) is 27.2 Å². The molecule has 3 heteroatoms. The van der Waals surface area contributed by atoms with E-state index < -0.39 is 5.41 Å². The fourth-order valence-electron chi connectivity index (χ4n) is 1.25. The molecule has 86 valence electrons. The summed E-state index contributed by atoms with van der Waals surface area (Å²) >= 11 is 0. The van der Waals surface area contributed by atoms with Gasteiger partial charge < -0.3 is 5.32 Å². The number of ketones is 1. The predicted octanol–water partition coefficient (Wildman–Crippen LogP) is 2.63. The Hall–Kier alpha value is -1.64. The topological polar surface area (TPSA) is 46.2 Å². The molecule has 0 spiro atoms. The summed E-state index contributed by atoms with van der Waals surface area (Å²) in [5.74, 6) is -0.109. The van der Waals surface area contributed by atoms with E-state index in [0.29, 0.717) is 0 Å². The van der Waals surface area contributed by atoms with Gasteiger partial charge in [0.15, 0.2) is 0 Å². The summed E-state index contributed by atoms with van der Waals surface area (Å²) in [6.45, 7) is 5.07. The number of Topliss-reactive ketones (excluding diaryl/α,β-unsaturated/α-hetero) is 1. The van der Waals surface area contributed by atoms with E-state index in [-0.39, 0.29) is 18.1 Å². The Morgan fingerprint density at radius 2 is 1.75 bits per heavy atom. The minimum atomic E-state index is -0.598. The monoisotopic (exact) mass is 219 g/mol. The quantitative estimate of drug-likeness (QED) is 0.846. The average molecular weight is 219 g/mol. The van der Waals surface area contributed by atoms with Crippen LogP contribution in [0.5, 0.6) is 0 Å². The highest BCUT2D eigenvalue weighted by atomic mass is 16.2. The van der Waals surface area contributed by atoms with Gasteiger partial charge in [-0.2, -0.15) is 0 Å². The number of hydrogen-bond donors (Lipinski definition) is 1. The first-order chi connectivity index (χ1) is 7.42. The van der Waals surface area contributed by atoms with Crippen LogP contribution in [-0.4, -0.2) is 11.7 Å². The number of carbonyl (C=O) groups is 2. The summed E-state index contributed by atoms with van der Waals surface area (Å²) in [5.41, 5.74) is 0.158. The SMILES string of the molecule is CC(=O)C(C)(C)CC(=O)Nc1ccccc1. The highest BCUT2D eigenvalue weighted by Crippen LogP contribution is 2.22. The summed E-state index contributed by atoms with van der Waals surface area (Å²) in [5, 5.41) is 2.76. The van der Waals surface area contributed by atoms with Crippen LogP contribution in [0.15, 0.2) is 30.3 Å². The van der Waals surface area contributed by atoms with Crippen LogP contribution in [0.25, 0.3) is 0 Å². The van der Waals surface area contributed by atoms with E-state index in [4.69, 9.17) is 0 Å². The zero-order valence-corrected chi connectivity index (χ0v) is 9.91. The number of hydrogen-bond acceptors (Lipinski definition) is 2. The number of nitrogens with one attached hydrogen (secondary N) is 1. The summed E-state index contributed by atoms with van der Waals surface area (Å²) in [7, 11) is 0. The van der Waals surface area contributed by atoms with Crippen molar-refractivity contribution in [2.45, 2.75) is 27.2 Å². The third-order valence-corrected chi connectivity index (χ3v) is 2.61. The standard InChI is InChI=1S/C13H17NO2/c1-10(15)13(2,3)9-12(16)14-11-7-5-4-6-8-11/h4-8H,9H2,1-3H3,(H,14,16). The minimum Gasteiger partial charge on any atom is -0.326 e. The molecule has 1 amide bonds. The van der Waals surface area contributed by atoms with Gasteiger partial charge in [-0.15, -0.1) is 0 Å². The third kappa shape index (κ3) is 3.50. The molecule has 0 saturated heterocycles. The Bertz CT molecular complexity index is 382. The molecule has 0 fully saturated rings. The molecule has 0 heterocycles. The molecule has 0 radical (unpaired) electrons. The van der Waals surface area contributed by atoms with Crippen molar-refractivity contribution < 1.29 is 9.59 Å². The summed E-state index contributed by atoms with van der Waals surface area (Å²) in [4.78, 5) is 22.9. The highest BCUT2D eigenvalue weighted by Gasteiger charge is 2.26. The highest BCUT2D eigenvalue weighted by molar-refractivity contribution is 5.95. The second-order valence-electron chi connectivity index (χ2n) is 4.53. The maximum absolute atomic E-state index is 11.7. The van der Waals surface area contributed by atoms with Crippen molar-refractivity contribution in [1.29, 1.82) is 0 Å². The van der Waals surface area contributed by atoms with Gasteiger partial charge in [0.1, 0.15) is 5.78 Å². The van der Waals surface area contributed by atoms with Crippen LogP contribution in [0.2, 0.25) is 0 Å². The number of benzene rings is 1. The number of carbonyl (C=O) groups excluding carboxylic acids is 2. The summed E-state index contributed by atoms with van der Waals surface area (Å²) < 4.78 is 0. The zero-order chi connectivity index (χ0) is 12.2. The fraction of sp³-hybridized carbons (Fsp3) is 0.385. The fourth-order valence-corrected chi connectivity index (χ4v) is 1.25. The molecular formula is C13H17NO2. The largest absolute Gasteiger partial charge is 0.326 e. The van der Waals surface area contributed by atoms with Gasteiger partial charge in [0.25, 0.3) is 0 Å². The van der Waals surface area contributed by atoms with Crippen molar-refractivity contribution in [3.05, 3.63) is 30.3 Å². The van der Waals surface area contributed by atoms with Crippen LogP contribution in [0, 0.1) is 5.41 Å². The van der Waals surface area contributed by atoms with E-state index in [2.05, 4.69) is 5.32 Å². The molecule has 0 atom stereocenters. The lowest BCUT2D eigenvalue weighted by Crippen LogP contribution is -2.28. The van der Waals surface area contributed by atoms with Gasteiger partial charge in [0.2, 0.25) is 5.91 Å². The van der Waals surface area contributed by atoms with Gasteiger partial charge >= 0.3 is 0 Å². The molecule has 1 aromatic rings. The second-order valence-corrected chi connectivity index (χ2v) is 4.53. The predicted molar refractivity (Wildman–Crippen MR) is 64.2 cm³/mol. The number of amides is 1. The maximum atomic E-state index is 11.7. The van der Waals surface area contributed by atoms with Crippen molar-refractivity contribution >= 4 is 17.4 Å². The average Bonchev–Trinajstić information content (AvgIpc) is 2.17. The van der Waals surface area contributed by atoms with Gasteiger partial charge in [-0.05, 0) is 19.1 Å². The van der Waals surface area contributed by atoms with Crippen molar-refractivity contribution in [1.82, 2.24) is 0 Å². The van der Waals surface area contributed by atoms with Crippen LogP contribution in [-0.2, 0) is 9.59 Å². The first-order valence-electron chi connectivity index (χ1n) is 5.28. The van der Waals surface area contributed by atoms with E-state index in [1.807, 2.05) is 30.3 Å². The zero-order valence-electron chi connectivity index (χ0n) is 9.91. The Morgan fingerprint density at radius 3 is 2.25 bits per heavy atom. The Labute approximate surface area is 95.9 Å². The number of anilines is 1. The molecule has 1 rings (SSSR count). The maximum Gasteiger partial charge on any atom is 0.225 e. The molecule has 0 aromatic heterocycles. The van der Waals surface area contributed by atoms with Gasteiger partial charge in [-0.1, -0.05) is 32.0 Å². The van der Waals surface area contributed by atoms with Gasteiger partial charge in [0, 0.05) is 17.5 Å². The first-order valence-corrected chi connectivity index (χ1v) is 5.28. The van der Waals surface area contributed by atoms with Gasteiger partial charge in [-0.25, -0.2) is 0 Å². The van der Waals surface area contributed by atoms with Crippen LogP contribution in [0.4, 0.5) is 5.69 Å². The molecule has 0 aliphatic carbocycles. The van der Waals surface area contributed by atoms with Crippen molar-refractivity contribution in [3.63, 3.8) is 0 Å². The third-order valence-electron chi connectivity index (χ3n) is 2.61. The van der Waals surface area contributed by atoms with E-state index in [1.165, 1.54) is 6.92 Å². The number of rotatable bonds is 4. The molecule has 0 bridgehead atoms. The molecule has 16 heavy (non-hydrogen) atoms. The molecular weight excluding hydrogens is 202 g/mol. The Balaban J connectivity index is 2.58. The second kappa shape index (κ2) is 4.92. The summed E-state index contributed by atoms with van der Waals surface area (Å²) in [6.07, 6.45) is 0.206. The van der Waals surface area contributed by atoms with E-state index in [1.54, 1.807) is 13.8 Å². The molecule has 0 saturated carbocycles. The van der Waals surface area contributed by atoms with Gasteiger partial charge in [-0.3, -0.25) is 9.59 Å². The van der Waals surface area contributed by atoms with Gasteiger partial charge in [0.05, 0.1) is 0 Å². The lowest BCUT2D eigenvalue weighted by molar-refractivity contribution is -0.129. The normalized spacial score (nSPS) is 10.9. The van der Waals surface area contributed by atoms with Crippen molar-refractivity contribution in [2.75, 3.05) is 5.32 Å². The molecule has 0 aliphatic heterocycles. The molecule has 0 aliphatic rings. The smallest absolute Gasteiger partial charge is 0.225 e. The Kier molecular flexibility index (Phi) is 3.82. The van der Waals surface area contributed by atoms with Crippen LogP contribution in [0.3, 0.4) is 0 Å².